The first kappa shape index (κ1) is 18.6. The van der Waals surface area contributed by atoms with Crippen LogP contribution in [0.25, 0.3) is 0 Å². The SMILES string of the molecule is O=C(OCC(=O)N(c1ccccc1)C1CCCCC1)c1ccc(Br)cc1. The van der Waals surface area contributed by atoms with Crippen LogP contribution in [-0.4, -0.2) is 24.5 Å². The quantitative estimate of drug-likeness (QED) is 0.647. The van der Waals surface area contributed by atoms with E-state index in [1.54, 1.807) is 24.3 Å². The fourth-order valence-electron chi connectivity index (χ4n) is 3.35. The van der Waals surface area contributed by atoms with Crippen LogP contribution in [0, 0.1) is 0 Å². The van der Waals surface area contributed by atoms with E-state index in [1.807, 2.05) is 35.2 Å². The Bertz CT molecular complexity index is 740. The lowest BCUT2D eigenvalue weighted by Gasteiger charge is -2.34. The summed E-state index contributed by atoms with van der Waals surface area (Å²) < 4.78 is 6.16. The molecular weight excluding hydrogens is 394 g/mol. The Kier molecular flexibility index (Phi) is 6.45. The molecule has 1 fully saturated rings. The molecule has 0 unspecified atom stereocenters. The summed E-state index contributed by atoms with van der Waals surface area (Å²) in [6.07, 6.45) is 5.44. The minimum atomic E-state index is -0.484. The number of anilines is 1. The van der Waals surface area contributed by atoms with Gasteiger partial charge in [-0.1, -0.05) is 53.4 Å². The average Bonchev–Trinajstić information content (AvgIpc) is 2.68. The molecule has 1 saturated carbocycles. The largest absolute Gasteiger partial charge is 0.452 e. The van der Waals surface area contributed by atoms with E-state index in [2.05, 4.69) is 15.9 Å². The Morgan fingerprint density at radius 2 is 1.62 bits per heavy atom. The molecule has 26 heavy (non-hydrogen) atoms. The third-order valence-corrected chi connectivity index (χ3v) is 5.18. The Morgan fingerprint density at radius 1 is 0.962 bits per heavy atom. The van der Waals surface area contributed by atoms with Gasteiger partial charge in [-0.05, 0) is 49.2 Å². The number of benzene rings is 2. The topological polar surface area (TPSA) is 46.6 Å². The maximum atomic E-state index is 12.9. The van der Waals surface area contributed by atoms with Crippen LogP contribution in [0.1, 0.15) is 42.5 Å². The molecular formula is C21H22BrNO3. The fraction of sp³-hybridized carbons (Fsp3) is 0.333. The molecule has 0 spiro atoms. The molecule has 136 valence electrons. The Balaban J connectivity index is 1.69. The van der Waals surface area contributed by atoms with Gasteiger partial charge < -0.3 is 9.64 Å². The molecule has 0 saturated heterocycles. The number of halogens is 1. The normalized spacial score (nSPS) is 14.7. The van der Waals surface area contributed by atoms with Gasteiger partial charge in [-0.2, -0.15) is 0 Å². The summed E-state index contributed by atoms with van der Waals surface area (Å²) in [6.45, 7) is -0.250. The van der Waals surface area contributed by atoms with E-state index < -0.39 is 5.97 Å². The van der Waals surface area contributed by atoms with Crippen LogP contribution in [0.5, 0.6) is 0 Å². The number of amides is 1. The highest BCUT2D eigenvalue weighted by Crippen LogP contribution is 2.27. The van der Waals surface area contributed by atoms with Gasteiger partial charge >= 0.3 is 5.97 Å². The van der Waals surface area contributed by atoms with Crippen LogP contribution >= 0.6 is 15.9 Å². The van der Waals surface area contributed by atoms with Crippen molar-refractivity contribution >= 4 is 33.5 Å². The van der Waals surface area contributed by atoms with Gasteiger partial charge in [0.2, 0.25) is 0 Å². The maximum absolute atomic E-state index is 12.9. The second kappa shape index (κ2) is 8.99. The van der Waals surface area contributed by atoms with Crippen LogP contribution in [0.2, 0.25) is 0 Å². The Hall–Kier alpha value is -2.14. The van der Waals surface area contributed by atoms with Crippen molar-refractivity contribution in [2.75, 3.05) is 11.5 Å². The zero-order valence-electron chi connectivity index (χ0n) is 14.6. The number of hydrogen-bond donors (Lipinski definition) is 0. The average molecular weight is 416 g/mol. The molecule has 5 heteroatoms. The molecule has 1 aliphatic carbocycles. The molecule has 0 radical (unpaired) electrons. The van der Waals surface area contributed by atoms with Crippen molar-refractivity contribution in [3.05, 3.63) is 64.6 Å². The van der Waals surface area contributed by atoms with E-state index in [0.717, 1.165) is 35.8 Å². The highest BCUT2D eigenvalue weighted by molar-refractivity contribution is 9.10. The first-order chi connectivity index (χ1) is 12.6. The van der Waals surface area contributed by atoms with Crippen molar-refractivity contribution in [1.29, 1.82) is 0 Å². The molecule has 0 heterocycles. The number of carbonyl (C=O) groups is 2. The van der Waals surface area contributed by atoms with Crippen molar-refractivity contribution < 1.29 is 14.3 Å². The van der Waals surface area contributed by atoms with Gasteiger partial charge in [0.15, 0.2) is 6.61 Å². The second-order valence-electron chi connectivity index (χ2n) is 6.47. The lowest BCUT2D eigenvalue weighted by atomic mass is 9.93. The fourth-order valence-corrected chi connectivity index (χ4v) is 3.62. The van der Waals surface area contributed by atoms with E-state index in [0.29, 0.717) is 5.56 Å². The highest BCUT2D eigenvalue weighted by atomic mass is 79.9. The predicted octanol–water partition coefficient (Wildman–Crippen LogP) is 4.97. The predicted molar refractivity (Wildman–Crippen MR) is 105 cm³/mol. The molecule has 0 aromatic heterocycles. The molecule has 3 rings (SSSR count). The van der Waals surface area contributed by atoms with Crippen LogP contribution in [0.3, 0.4) is 0 Å². The van der Waals surface area contributed by atoms with Crippen LogP contribution in [-0.2, 0) is 9.53 Å². The van der Waals surface area contributed by atoms with E-state index in [4.69, 9.17) is 4.74 Å². The van der Waals surface area contributed by atoms with Gasteiger partial charge in [-0.15, -0.1) is 0 Å². The summed E-state index contributed by atoms with van der Waals surface area (Å²) in [5.74, 6) is -0.656. The van der Waals surface area contributed by atoms with Crippen molar-refractivity contribution in [3.63, 3.8) is 0 Å². The summed E-state index contributed by atoms with van der Waals surface area (Å²) >= 11 is 3.33. The van der Waals surface area contributed by atoms with Crippen molar-refractivity contribution in [2.45, 2.75) is 38.1 Å². The molecule has 0 N–H and O–H groups in total. The second-order valence-corrected chi connectivity index (χ2v) is 7.39. The smallest absolute Gasteiger partial charge is 0.338 e. The standard InChI is InChI=1S/C21H22BrNO3/c22-17-13-11-16(12-14-17)21(25)26-15-20(24)23(18-7-3-1-4-8-18)19-9-5-2-6-10-19/h1,3-4,7-8,11-14,19H,2,5-6,9-10,15H2. The Morgan fingerprint density at radius 3 is 2.27 bits per heavy atom. The third-order valence-electron chi connectivity index (χ3n) is 4.65. The molecule has 2 aromatic carbocycles. The first-order valence-corrected chi connectivity index (χ1v) is 9.74. The summed E-state index contributed by atoms with van der Waals surface area (Å²) in [5, 5.41) is 0. The molecule has 2 aromatic rings. The molecule has 0 aliphatic heterocycles. The highest BCUT2D eigenvalue weighted by Gasteiger charge is 2.27. The summed E-state index contributed by atoms with van der Waals surface area (Å²) in [4.78, 5) is 26.9. The first-order valence-electron chi connectivity index (χ1n) is 8.95. The van der Waals surface area contributed by atoms with E-state index in [9.17, 15) is 9.59 Å². The number of carbonyl (C=O) groups excluding carboxylic acids is 2. The number of ether oxygens (including phenoxy) is 1. The van der Waals surface area contributed by atoms with Crippen LogP contribution in [0.4, 0.5) is 5.69 Å². The van der Waals surface area contributed by atoms with E-state index in [1.165, 1.54) is 6.42 Å². The van der Waals surface area contributed by atoms with Gasteiger partial charge in [-0.25, -0.2) is 4.79 Å². The van der Waals surface area contributed by atoms with Gasteiger partial charge in [0.05, 0.1) is 5.56 Å². The van der Waals surface area contributed by atoms with Crippen molar-refractivity contribution in [3.8, 4) is 0 Å². The molecule has 1 amide bonds. The summed E-state index contributed by atoms with van der Waals surface area (Å²) in [7, 11) is 0. The van der Waals surface area contributed by atoms with Crippen molar-refractivity contribution in [2.24, 2.45) is 0 Å². The number of rotatable bonds is 5. The maximum Gasteiger partial charge on any atom is 0.338 e. The lowest BCUT2D eigenvalue weighted by molar-refractivity contribution is -0.122. The number of hydrogen-bond acceptors (Lipinski definition) is 3. The minimum Gasteiger partial charge on any atom is -0.452 e. The van der Waals surface area contributed by atoms with E-state index >= 15 is 0 Å². The third kappa shape index (κ3) is 4.73. The zero-order chi connectivity index (χ0) is 18.4. The molecule has 4 nitrogen and oxygen atoms in total. The van der Waals surface area contributed by atoms with Gasteiger partial charge in [0.1, 0.15) is 0 Å². The molecule has 1 aliphatic rings. The zero-order valence-corrected chi connectivity index (χ0v) is 16.2. The monoisotopic (exact) mass is 415 g/mol. The minimum absolute atomic E-state index is 0.171. The lowest BCUT2D eigenvalue weighted by Crippen LogP contribution is -2.43. The van der Waals surface area contributed by atoms with Gasteiger partial charge in [0.25, 0.3) is 5.91 Å². The van der Waals surface area contributed by atoms with Crippen molar-refractivity contribution in [1.82, 2.24) is 0 Å². The Labute approximate surface area is 162 Å². The van der Waals surface area contributed by atoms with Gasteiger partial charge in [0, 0.05) is 16.2 Å². The number of nitrogens with zero attached hydrogens (tertiary/aromatic N) is 1. The number of esters is 1. The molecule has 0 bridgehead atoms. The summed E-state index contributed by atoms with van der Waals surface area (Å²) in [5.41, 5.74) is 1.30. The summed E-state index contributed by atoms with van der Waals surface area (Å²) in [6, 6.07) is 16.7. The van der Waals surface area contributed by atoms with E-state index in [-0.39, 0.29) is 18.6 Å². The van der Waals surface area contributed by atoms with Crippen LogP contribution < -0.4 is 4.90 Å². The molecule has 0 atom stereocenters. The van der Waals surface area contributed by atoms with Crippen LogP contribution in [0.15, 0.2) is 59.1 Å². The number of para-hydroxylation sites is 1. The van der Waals surface area contributed by atoms with Gasteiger partial charge in [-0.3, -0.25) is 4.79 Å².